The molecule has 0 spiro atoms. The van der Waals surface area contributed by atoms with E-state index in [2.05, 4.69) is 55.6 Å². The van der Waals surface area contributed by atoms with Crippen LogP contribution in [0, 0.1) is 0 Å². The number of allylic oxidation sites excluding steroid dienone is 6. The quantitative estimate of drug-likeness (QED) is 0.0323. The van der Waals surface area contributed by atoms with Gasteiger partial charge in [-0.05, 0) is 83.5 Å². The lowest BCUT2D eigenvalue weighted by atomic mass is 10.0. The molecule has 0 aliphatic heterocycles. The molecule has 0 saturated heterocycles. The maximum atomic E-state index is 12.4. The van der Waals surface area contributed by atoms with Gasteiger partial charge in [0.2, 0.25) is 5.91 Å². The van der Waals surface area contributed by atoms with Crippen molar-refractivity contribution in [3.63, 3.8) is 0 Å². The first-order chi connectivity index (χ1) is 28.5. The number of hydrogen-bond acceptors (Lipinski definition) is 5. The van der Waals surface area contributed by atoms with Gasteiger partial charge < -0.3 is 20.3 Å². The Morgan fingerprint density at radius 2 is 0.862 bits per heavy atom. The summed E-state index contributed by atoms with van der Waals surface area (Å²) >= 11 is 0. The van der Waals surface area contributed by atoms with Gasteiger partial charge in [-0.3, -0.25) is 9.59 Å². The van der Waals surface area contributed by atoms with Gasteiger partial charge in [0.25, 0.3) is 0 Å². The molecule has 2 atom stereocenters. The van der Waals surface area contributed by atoms with Crippen LogP contribution in [-0.2, 0) is 14.3 Å². The van der Waals surface area contributed by atoms with E-state index in [1.165, 1.54) is 161 Å². The van der Waals surface area contributed by atoms with Crippen molar-refractivity contribution in [2.24, 2.45) is 0 Å². The van der Waals surface area contributed by atoms with Crippen molar-refractivity contribution >= 4 is 11.9 Å². The minimum atomic E-state index is -0.670. The molecule has 6 heteroatoms. The van der Waals surface area contributed by atoms with Crippen LogP contribution in [0.3, 0.4) is 0 Å². The number of esters is 1. The summed E-state index contributed by atoms with van der Waals surface area (Å²) in [5.41, 5.74) is 0. The first-order valence-electron chi connectivity index (χ1n) is 25.2. The molecule has 0 fully saturated rings. The van der Waals surface area contributed by atoms with Crippen LogP contribution in [0.25, 0.3) is 0 Å². The van der Waals surface area contributed by atoms with Crippen LogP contribution in [0.5, 0.6) is 0 Å². The highest BCUT2D eigenvalue weighted by atomic mass is 16.5. The lowest BCUT2D eigenvalue weighted by molar-refractivity contribution is -0.143. The molecular formula is C52H97NO5. The van der Waals surface area contributed by atoms with Crippen LogP contribution in [-0.4, -0.2) is 47.4 Å². The minimum Gasteiger partial charge on any atom is -0.466 e. The van der Waals surface area contributed by atoms with E-state index >= 15 is 0 Å². The number of aliphatic hydroxyl groups excluding tert-OH is 2. The van der Waals surface area contributed by atoms with Crippen molar-refractivity contribution in [3.05, 3.63) is 36.5 Å². The molecule has 0 heterocycles. The van der Waals surface area contributed by atoms with Gasteiger partial charge in [-0.25, -0.2) is 0 Å². The number of nitrogens with one attached hydrogen (secondary N) is 1. The zero-order valence-corrected chi connectivity index (χ0v) is 38.5. The van der Waals surface area contributed by atoms with E-state index in [1.807, 2.05) is 0 Å². The van der Waals surface area contributed by atoms with Crippen molar-refractivity contribution in [3.8, 4) is 0 Å². The van der Waals surface area contributed by atoms with Crippen LogP contribution in [0.1, 0.15) is 258 Å². The van der Waals surface area contributed by atoms with Crippen LogP contribution in [0.4, 0.5) is 0 Å². The number of amides is 1. The number of unbranched alkanes of at least 4 members (excludes halogenated alkanes) is 29. The Labute approximate surface area is 360 Å². The van der Waals surface area contributed by atoms with Crippen molar-refractivity contribution in [2.75, 3.05) is 13.2 Å². The Morgan fingerprint density at radius 3 is 1.36 bits per heavy atom. The number of carbonyl (C=O) groups excluding carboxylic acids is 2. The predicted molar refractivity (Wildman–Crippen MR) is 250 cm³/mol. The summed E-state index contributed by atoms with van der Waals surface area (Å²) in [6.45, 7) is 4.87. The molecule has 0 aliphatic carbocycles. The van der Waals surface area contributed by atoms with Crippen LogP contribution < -0.4 is 5.32 Å². The molecule has 6 nitrogen and oxygen atoms in total. The molecule has 340 valence electrons. The molecule has 1 amide bonds. The summed E-state index contributed by atoms with van der Waals surface area (Å²) in [5.74, 6) is -0.0678. The number of aliphatic hydroxyl groups is 2. The second kappa shape index (κ2) is 47.8. The molecular weight excluding hydrogens is 719 g/mol. The average molecular weight is 816 g/mol. The molecule has 0 aromatic rings. The van der Waals surface area contributed by atoms with E-state index in [9.17, 15) is 19.8 Å². The standard InChI is InChI=1S/C52H97NO5/c1-3-5-7-9-11-13-14-15-19-23-26-30-34-38-42-46-52(57)58-47-43-39-35-31-27-24-21-18-16-17-20-22-25-29-33-37-41-45-51(56)53-49(48-54)50(55)44-40-36-32-28-12-10-8-6-4-2/h11,13,15-16,18-19,49-50,54-55H,3-10,12,14,17,20-48H2,1-2H3,(H,53,56)/b13-11-,18-16-,19-15-. The van der Waals surface area contributed by atoms with Crippen molar-refractivity contribution in [1.29, 1.82) is 0 Å². The second-order valence-corrected chi connectivity index (χ2v) is 17.1. The molecule has 2 unspecified atom stereocenters. The van der Waals surface area contributed by atoms with Gasteiger partial charge in [0, 0.05) is 12.8 Å². The molecule has 0 aromatic heterocycles. The van der Waals surface area contributed by atoms with Crippen molar-refractivity contribution in [1.82, 2.24) is 5.32 Å². The first-order valence-corrected chi connectivity index (χ1v) is 25.2. The summed E-state index contributed by atoms with van der Waals surface area (Å²) in [7, 11) is 0. The molecule has 58 heavy (non-hydrogen) atoms. The Hall–Kier alpha value is -1.92. The third-order valence-electron chi connectivity index (χ3n) is 11.4. The molecule has 3 N–H and O–H groups in total. The largest absolute Gasteiger partial charge is 0.466 e. The highest BCUT2D eigenvalue weighted by molar-refractivity contribution is 5.76. The minimum absolute atomic E-state index is 0.0167. The molecule has 0 aliphatic rings. The van der Waals surface area contributed by atoms with Gasteiger partial charge in [-0.2, -0.15) is 0 Å². The van der Waals surface area contributed by atoms with Crippen LogP contribution >= 0.6 is 0 Å². The summed E-state index contributed by atoms with van der Waals surface area (Å²) in [6, 6.07) is -0.549. The summed E-state index contributed by atoms with van der Waals surface area (Å²) in [6.07, 6.45) is 56.9. The summed E-state index contributed by atoms with van der Waals surface area (Å²) in [5, 5.41) is 23.0. The van der Waals surface area contributed by atoms with Gasteiger partial charge >= 0.3 is 5.97 Å². The average Bonchev–Trinajstić information content (AvgIpc) is 3.22. The topological polar surface area (TPSA) is 95.9 Å². The van der Waals surface area contributed by atoms with E-state index in [1.54, 1.807) is 0 Å². The number of hydrogen-bond donors (Lipinski definition) is 3. The lowest BCUT2D eigenvalue weighted by Gasteiger charge is -2.22. The molecule has 0 rings (SSSR count). The Morgan fingerprint density at radius 1 is 0.483 bits per heavy atom. The molecule has 0 bridgehead atoms. The SMILES string of the molecule is CCCCC/C=C\C/C=C\CCCCCCCC(=O)OCCCCCCCC/C=C\CCCCCCCCCC(=O)NC(CO)C(O)CCCCCCCCCCC. The van der Waals surface area contributed by atoms with Crippen molar-refractivity contribution in [2.45, 2.75) is 270 Å². The van der Waals surface area contributed by atoms with E-state index in [-0.39, 0.29) is 18.5 Å². The molecule has 0 radical (unpaired) electrons. The highest BCUT2D eigenvalue weighted by Gasteiger charge is 2.20. The molecule has 0 aromatic carbocycles. The second-order valence-electron chi connectivity index (χ2n) is 17.1. The summed E-state index contributed by atoms with van der Waals surface area (Å²) in [4.78, 5) is 24.4. The first kappa shape index (κ1) is 56.1. The third kappa shape index (κ3) is 43.7. The van der Waals surface area contributed by atoms with E-state index < -0.39 is 12.1 Å². The normalized spacial score (nSPS) is 13.0. The lowest BCUT2D eigenvalue weighted by Crippen LogP contribution is -2.45. The number of rotatable bonds is 46. The number of carbonyl (C=O) groups is 2. The highest BCUT2D eigenvalue weighted by Crippen LogP contribution is 2.15. The van der Waals surface area contributed by atoms with E-state index in [0.717, 1.165) is 64.2 Å². The van der Waals surface area contributed by atoms with Gasteiger partial charge in [0.15, 0.2) is 0 Å². The monoisotopic (exact) mass is 816 g/mol. The Kier molecular flexibility index (Phi) is 46.2. The fourth-order valence-electron chi connectivity index (χ4n) is 7.49. The maximum Gasteiger partial charge on any atom is 0.305 e. The molecule has 0 saturated carbocycles. The van der Waals surface area contributed by atoms with Crippen LogP contribution in [0.15, 0.2) is 36.5 Å². The third-order valence-corrected chi connectivity index (χ3v) is 11.4. The zero-order valence-electron chi connectivity index (χ0n) is 38.5. The van der Waals surface area contributed by atoms with Crippen molar-refractivity contribution < 1.29 is 24.5 Å². The van der Waals surface area contributed by atoms with E-state index in [0.29, 0.717) is 25.9 Å². The fraction of sp³-hybridized carbons (Fsp3) is 0.846. The summed E-state index contributed by atoms with van der Waals surface area (Å²) < 4.78 is 5.45. The zero-order chi connectivity index (χ0) is 42.3. The Balaban J connectivity index is 3.45. The maximum absolute atomic E-state index is 12.4. The number of ether oxygens (including phenoxy) is 1. The van der Waals surface area contributed by atoms with E-state index in [4.69, 9.17) is 4.74 Å². The van der Waals surface area contributed by atoms with Gasteiger partial charge in [0.1, 0.15) is 0 Å². The van der Waals surface area contributed by atoms with Gasteiger partial charge in [0.05, 0.1) is 25.4 Å². The fourth-order valence-corrected chi connectivity index (χ4v) is 7.49. The predicted octanol–water partition coefficient (Wildman–Crippen LogP) is 14.9. The smallest absolute Gasteiger partial charge is 0.305 e. The van der Waals surface area contributed by atoms with Gasteiger partial charge in [-0.1, -0.05) is 198 Å². The van der Waals surface area contributed by atoms with Gasteiger partial charge in [-0.15, -0.1) is 0 Å². The van der Waals surface area contributed by atoms with Crippen LogP contribution in [0.2, 0.25) is 0 Å². The Bertz CT molecular complexity index is 946.